The van der Waals surface area contributed by atoms with Gasteiger partial charge in [-0.05, 0) is 12.1 Å². The smallest absolute Gasteiger partial charge is 0.128 e. The Hall–Kier alpha value is -1.00. The van der Waals surface area contributed by atoms with Crippen molar-refractivity contribution in [1.29, 1.82) is 0 Å². The predicted octanol–water partition coefficient (Wildman–Crippen LogP) is 3.78. The van der Waals surface area contributed by atoms with Gasteiger partial charge in [-0.1, -0.05) is 40.9 Å². The molecule has 18 heavy (non-hydrogen) atoms. The van der Waals surface area contributed by atoms with E-state index in [1.807, 2.05) is 0 Å². The molecule has 0 radical (unpaired) electrons. The number of nitrogen functional groups attached to an aromatic ring is 1. The van der Waals surface area contributed by atoms with E-state index in [0.717, 1.165) is 5.56 Å². The van der Waals surface area contributed by atoms with Gasteiger partial charge in [-0.15, -0.1) is 0 Å². The summed E-state index contributed by atoms with van der Waals surface area (Å²) < 4.78 is 0. The molecule has 2 aromatic rings. The fraction of sp³-hybridized carbons (Fsp3) is 0.0833. The van der Waals surface area contributed by atoms with Crippen LogP contribution in [0, 0.1) is 0 Å². The molecular formula is C12H9Cl3N2O. The molecule has 0 spiro atoms. The first-order chi connectivity index (χ1) is 8.54. The Labute approximate surface area is 119 Å². The quantitative estimate of drug-likeness (QED) is 0.830. The highest BCUT2D eigenvalue weighted by Gasteiger charge is 2.12. The molecule has 0 saturated heterocycles. The molecule has 3 N–H and O–H groups in total. The van der Waals surface area contributed by atoms with Crippen molar-refractivity contribution in [3.63, 3.8) is 0 Å². The van der Waals surface area contributed by atoms with Crippen LogP contribution in [0.25, 0.3) is 11.1 Å². The normalized spacial score (nSPS) is 10.7. The molecule has 0 aliphatic heterocycles. The van der Waals surface area contributed by atoms with Crippen LogP contribution in [0.1, 0.15) is 5.56 Å². The maximum Gasteiger partial charge on any atom is 0.128 e. The Balaban J connectivity index is 2.59. The highest BCUT2D eigenvalue weighted by Crippen LogP contribution is 2.38. The third kappa shape index (κ3) is 2.40. The molecule has 94 valence electrons. The molecule has 0 aliphatic rings. The first-order valence-electron chi connectivity index (χ1n) is 5.03. The van der Waals surface area contributed by atoms with Crippen molar-refractivity contribution in [2.75, 3.05) is 5.73 Å². The molecule has 1 aromatic heterocycles. The fourth-order valence-corrected chi connectivity index (χ4v) is 2.19. The summed E-state index contributed by atoms with van der Waals surface area (Å²) in [6.07, 6.45) is 1.57. The zero-order valence-corrected chi connectivity index (χ0v) is 11.4. The number of nitrogens with zero attached hydrogens (tertiary/aromatic N) is 1. The molecule has 1 aromatic carbocycles. The zero-order valence-electron chi connectivity index (χ0n) is 9.12. The lowest BCUT2D eigenvalue weighted by Crippen LogP contribution is -1.98. The molecule has 3 nitrogen and oxygen atoms in total. The van der Waals surface area contributed by atoms with E-state index in [4.69, 9.17) is 45.6 Å². The van der Waals surface area contributed by atoms with E-state index in [-0.39, 0.29) is 12.4 Å². The van der Waals surface area contributed by atoms with Crippen LogP contribution in [0.15, 0.2) is 24.4 Å². The summed E-state index contributed by atoms with van der Waals surface area (Å²) in [4.78, 5) is 4.00. The van der Waals surface area contributed by atoms with E-state index in [1.165, 1.54) is 0 Å². The van der Waals surface area contributed by atoms with E-state index >= 15 is 0 Å². The minimum absolute atomic E-state index is 0.189. The zero-order chi connectivity index (χ0) is 13.3. The second kappa shape index (κ2) is 5.33. The van der Waals surface area contributed by atoms with Gasteiger partial charge in [0.05, 0.1) is 21.7 Å². The molecule has 2 rings (SSSR count). The van der Waals surface area contributed by atoms with Crippen LogP contribution in [0.4, 0.5) is 5.82 Å². The number of pyridine rings is 1. The van der Waals surface area contributed by atoms with Crippen LogP contribution in [-0.2, 0) is 6.61 Å². The largest absolute Gasteiger partial charge is 0.392 e. The van der Waals surface area contributed by atoms with Gasteiger partial charge < -0.3 is 10.8 Å². The maximum atomic E-state index is 9.16. The number of aliphatic hydroxyl groups is 1. The predicted molar refractivity (Wildman–Crippen MR) is 75.0 cm³/mol. The number of hydrogen-bond donors (Lipinski definition) is 2. The molecular weight excluding hydrogens is 295 g/mol. The van der Waals surface area contributed by atoms with E-state index in [9.17, 15) is 0 Å². The first-order valence-corrected chi connectivity index (χ1v) is 6.17. The topological polar surface area (TPSA) is 59.1 Å². The van der Waals surface area contributed by atoms with Crippen LogP contribution < -0.4 is 5.73 Å². The van der Waals surface area contributed by atoms with Gasteiger partial charge in [0.25, 0.3) is 0 Å². The summed E-state index contributed by atoms with van der Waals surface area (Å²) in [5, 5.41) is 10.2. The van der Waals surface area contributed by atoms with Crippen molar-refractivity contribution < 1.29 is 5.11 Å². The summed E-state index contributed by atoms with van der Waals surface area (Å²) in [6, 6.07) is 5.11. The molecule has 0 fully saturated rings. The van der Waals surface area contributed by atoms with Gasteiger partial charge in [-0.2, -0.15) is 0 Å². The van der Waals surface area contributed by atoms with Crippen LogP contribution in [0.2, 0.25) is 15.1 Å². The number of nitrogens with two attached hydrogens (primary N) is 1. The first kappa shape index (κ1) is 13.4. The number of aliphatic hydroxyl groups excluding tert-OH is 1. The van der Waals surface area contributed by atoms with E-state index in [1.54, 1.807) is 24.4 Å². The summed E-state index contributed by atoms with van der Waals surface area (Å²) in [6.45, 7) is -0.189. The molecule has 0 atom stereocenters. The summed E-state index contributed by atoms with van der Waals surface area (Å²) >= 11 is 18.0. The molecule has 1 heterocycles. The minimum Gasteiger partial charge on any atom is -0.392 e. The van der Waals surface area contributed by atoms with Crippen LogP contribution in [0.3, 0.4) is 0 Å². The minimum atomic E-state index is -0.189. The lowest BCUT2D eigenvalue weighted by atomic mass is 10.1. The van der Waals surface area contributed by atoms with Gasteiger partial charge in [0.15, 0.2) is 0 Å². The molecule has 0 aliphatic carbocycles. The molecule has 0 unspecified atom stereocenters. The van der Waals surface area contributed by atoms with Gasteiger partial charge in [-0.25, -0.2) is 4.98 Å². The van der Waals surface area contributed by atoms with Gasteiger partial charge in [0, 0.05) is 22.9 Å². The van der Waals surface area contributed by atoms with E-state index < -0.39 is 0 Å². The molecule has 0 saturated carbocycles. The van der Waals surface area contributed by atoms with Gasteiger partial charge in [0.2, 0.25) is 0 Å². The third-order valence-corrected chi connectivity index (χ3v) is 3.81. The van der Waals surface area contributed by atoms with E-state index in [0.29, 0.717) is 26.2 Å². The number of hydrogen-bond acceptors (Lipinski definition) is 3. The van der Waals surface area contributed by atoms with Crippen molar-refractivity contribution in [2.45, 2.75) is 6.61 Å². The van der Waals surface area contributed by atoms with E-state index in [2.05, 4.69) is 4.98 Å². The number of halogens is 3. The molecule has 0 bridgehead atoms. The highest BCUT2D eigenvalue weighted by atomic mass is 35.5. The summed E-state index contributed by atoms with van der Waals surface area (Å²) in [5.74, 6) is 0.289. The Bertz CT molecular complexity index is 602. The summed E-state index contributed by atoms with van der Waals surface area (Å²) in [5.41, 5.74) is 7.56. The van der Waals surface area contributed by atoms with Crippen molar-refractivity contribution in [3.8, 4) is 11.1 Å². The standard InChI is InChI=1S/C12H9Cl3N2O/c13-9-2-1-8(10(14)11(9)15)6-3-7(5-18)12(16)17-4-6/h1-4,18H,5H2,(H2,16,17). The average Bonchev–Trinajstić information content (AvgIpc) is 2.37. The number of benzene rings is 1. The Morgan fingerprint density at radius 1 is 1.17 bits per heavy atom. The Morgan fingerprint density at radius 3 is 2.56 bits per heavy atom. The number of anilines is 1. The molecule has 0 amide bonds. The third-order valence-electron chi connectivity index (χ3n) is 2.52. The van der Waals surface area contributed by atoms with Crippen molar-refractivity contribution >= 4 is 40.6 Å². The average molecular weight is 304 g/mol. The second-order valence-electron chi connectivity index (χ2n) is 3.65. The Kier molecular flexibility index (Phi) is 3.97. The maximum absolute atomic E-state index is 9.16. The lowest BCUT2D eigenvalue weighted by Gasteiger charge is -2.09. The number of aromatic nitrogens is 1. The Morgan fingerprint density at radius 2 is 1.89 bits per heavy atom. The van der Waals surface area contributed by atoms with Gasteiger partial charge in [-0.3, -0.25) is 0 Å². The van der Waals surface area contributed by atoms with Crippen LogP contribution >= 0.6 is 34.8 Å². The second-order valence-corrected chi connectivity index (χ2v) is 4.81. The van der Waals surface area contributed by atoms with Crippen molar-refractivity contribution in [2.24, 2.45) is 0 Å². The van der Waals surface area contributed by atoms with Gasteiger partial charge >= 0.3 is 0 Å². The monoisotopic (exact) mass is 302 g/mol. The van der Waals surface area contributed by atoms with Crippen LogP contribution in [0.5, 0.6) is 0 Å². The lowest BCUT2D eigenvalue weighted by molar-refractivity contribution is 0.282. The van der Waals surface area contributed by atoms with Gasteiger partial charge in [0.1, 0.15) is 5.82 Å². The molecule has 6 heteroatoms. The number of rotatable bonds is 2. The van der Waals surface area contributed by atoms with Crippen LogP contribution in [-0.4, -0.2) is 10.1 Å². The highest BCUT2D eigenvalue weighted by molar-refractivity contribution is 6.49. The SMILES string of the molecule is Nc1ncc(-c2ccc(Cl)c(Cl)c2Cl)cc1CO. The van der Waals surface area contributed by atoms with Crippen molar-refractivity contribution in [1.82, 2.24) is 4.98 Å². The van der Waals surface area contributed by atoms with Crippen molar-refractivity contribution in [3.05, 3.63) is 45.0 Å². The summed E-state index contributed by atoms with van der Waals surface area (Å²) in [7, 11) is 0. The fourth-order valence-electron chi connectivity index (χ4n) is 1.54.